The Balaban J connectivity index is 1.32. The number of piperidine rings is 1. The SMILES string of the molecule is Cc1ccc(N(CC2CC2)C2CC3CC2N(C(=O)c2cccc(F)c2-c2ncccn2)C3)nc1. The van der Waals surface area contributed by atoms with Crippen LogP contribution >= 0.6 is 0 Å². The zero-order valence-corrected chi connectivity index (χ0v) is 19.3. The van der Waals surface area contributed by atoms with Crippen molar-refractivity contribution in [3.63, 3.8) is 0 Å². The zero-order chi connectivity index (χ0) is 23.2. The maximum Gasteiger partial charge on any atom is 0.255 e. The Labute approximate surface area is 198 Å². The van der Waals surface area contributed by atoms with Crippen LogP contribution in [-0.4, -0.2) is 50.9 Å². The summed E-state index contributed by atoms with van der Waals surface area (Å²) in [6, 6.07) is 10.9. The first kappa shape index (κ1) is 21.2. The number of fused-ring (bicyclic) bond motifs is 2. The van der Waals surface area contributed by atoms with Crippen molar-refractivity contribution in [2.75, 3.05) is 18.0 Å². The van der Waals surface area contributed by atoms with Gasteiger partial charge in [-0.05, 0) is 74.3 Å². The molecule has 3 aliphatic rings. The molecule has 6 nitrogen and oxygen atoms in total. The summed E-state index contributed by atoms with van der Waals surface area (Å²) in [5.41, 5.74) is 1.66. The summed E-state index contributed by atoms with van der Waals surface area (Å²) < 4.78 is 14.9. The van der Waals surface area contributed by atoms with Crippen LogP contribution in [0.1, 0.15) is 41.6 Å². The number of amides is 1. The molecule has 3 fully saturated rings. The summed E-state index contributed by atoms with van der Waals surface area (Å²) >= 11 is 0. The molecule has 3 aromatic rings. The van der Waals surface area contributed by atoms with Crippen molar-refractivity contribution in [1.82, 2.24) is 19.9 Å². The molecule has 3 atom stereocenters. The molecular formula is C27H28FN5O. The van der Waals surface area contributed by atoms with Crippen LogP contribution in [0.25, 0.3) is 11.4 Å². The van der Waals surface area contributed by atoms with Crippen molar-refractivity contribution in [3.05, 3.63) is 71.9 Å². The Kier molecular flexibility index (Phi) is 5.27. The number of anilines is 1. The molecule has 1 aliphatic heterocycles. The maximum atomic E-state index is 14.9. The van der Waals surface area contributed by atoms with Crippen molar-refractivity contribution in [3.8, 4) is 11.4 Å². The van der Waals surface area contributed by atoms with E-state index >= 15 is 0 Å². The third-order valence-corrected chi connectivity index (χ3v) is 7.49. The number of aromatic nitrogens is 3. The summed E-state index contributed by atoms with van der Waals surface area (Å²) in [5.74, 6) is 1.78. The molecule has 0 N–H and O–H groups in total. The van der Waals surface area contributed by atoms with Gasteiger partial charge in [-0.25, -0.2) is 19.3 Å². The summed E-state index contributed by atoms with van der Waals surface area (Å²) in [5, 5.41) is 0. The predicted molar refractivity (Wildman–Crippen MR) is 128 cm³/mol. The highest BCUT2D eigenvalue weighted by molar-refractivity contribution is 6.00. The third kappa shape index (κ3) is 3.83. The van der Waals surface area contributed by atoms with Crippen molar-refractivity contribution >= 4 is 11.7 Å². The lowest BCUT2D eigenvalue weighted by atomic mass is 10.00. The van der Waals surface area contributed by atoms with Crippen LogP contribution in [0.15, 0.2) is 55.0 Å². The van der Waals surface area contributed by atoms with Gasteiger partial charge in [-0.2, -0.15) is 0 Å². The Morgan fingerprint density at radius 2 is 1.91 bits per heavy atom. The number of pyridine rings is 1. The van der Waals surface area contributed by atoms with Crippen molar-refractivity contribution in [2.24, 2.45) is 11.8 Å². The van der Waals surface area contributed by atoms with Gasteiger partial charge in [0.15, 0.2) is 5.82 Å². The Morgan fingerprint density at radius 3 is 2.62 bits per heavy atom. The first-order chi connectivity index (χ1) is 16.6. The van der Waals surface area contributed by atoms with Crippen LogP contribution in [0.3, 0.4) is 0 Å². The Bertz CT molecular complexity index is 1200. The van der Waals surface area contributed by atoms with Crippen LogP contribution in [-0.2, 0) is 0 Å². The maximum absolute atomic E-state index is 14.9. The molecule has 0 spiro atoms. The standard InChI is InChI=1S/C27H28FN5O/c1-17-6-9-24(31-14-17)32(15-18-7-8-18)22-12-19-13-23(22)33(16-19)27(34)20-4-2-5-21(28)25(20)26-29-10-3-11-30-26/h2-6,9-11,14,18-19,22-23H,7-8,12-13,15-16H2,1H3. The van der Waals surface area contributed by atoms with Gasteiger partial charge in [0.1, 0.15) is 11.6 Å². The van der Waals surface area contributed by atoms with E-state index in [1.54, 1.807) is 30.6 Å². The number of aryl methyl sites for hydroxylation is 1. The zero-order valence-electron chi connectivity index (χ0n) is 19.3. The number of hydrogen-bond donors (Lipinski definition) is 0. The molecule has 2 aromatic heterocycles. The van der Waals surface area contributed by atoms with Gasteiger partial charge in [0.2, 0.25) is 0 Å². The fourth-order valence-electron chi connectivity index (χ4n) is 5.68. The minimum absolute atomic E-state index is 0.0900. The van der Waals surface area contributed by atoms with Gasteiger partial charge in [-0.1, -0.05) is 12.1 Å². The van der Waals surface area contributed by atoms with E-state index in [1.807, 2.05) is 18.0 Å². The van der Waals surface area contributed by atoms with Crippen LogP contribution in [0.4, 0.5) is 10.2 Å². The molecule has 0 radical (unpaired) electrons. The van der Waals surface area contributed by atoms with Crippen molar-refractivity contribution in [1.29, 1.82) is 0 Å². The number of benzene rings is 1. The second-order valence-electron chi connectivity index (χ2n) is 9.95. The van der Waals surface area contributed by atoms with E-state index in [0.717, 1.165) is 30.8 Å². The summed E-state index contributed by atoms with van der Waals surface area (Å²) in [6.07, 6.45) is 9.63. The van der Waals surface area contributed by atoms with Crippen LogP contribution < -0.4 is 4.90 Å². The average molecular weight is 458 g/mol. The lowest BCUT2D eigenvalue weighted by molar-refractivity contribution is 0.0681. The van der Waals surface area contributed by atoms with Crippen LogP contribution in [0, 0.1) is 24.6 Å². The number of rotatable bonds is 6. The molecule has 2 aliphatic carbocycles. The second-order valence-corrected chi connectivity index (χ2v) is 9.95. The summed E-state index contributed by atoms with van der Waals surface area (Å²) in [4.78, 5) is 31.4. The molecule has 34 heavy (non-hydrogen) atoms. The van der Waals surface area contributed by atoms with Gasteiger partial charge >= 0.3 is 0 Å². The Morgan fingerprint density at radius 1 is 1.09 bits per heavy atom. The van der Waals surface area contributed by atoms with Gasteiger partial charge in [0, 0.05) is 31.7 Å². The minimum Gasteiger partial charge on any atom is -0.351 e. The van der Waals surface area contributed by atoms with Gasteiger partial charge in [0.05, 0.1) is 23.2 Å². The molecule has 1 aromatic carbocycles. The van der Waals surface area contributed by atoms with E-state index in [4.69, 9.17) is 4.98 Å². The minimum atomic E-state index is -0.475. The highest BCUT2D eigenvalue weighted by atomic mass is 19.1. The van der Waals surface area contributed by atoms with E-state index < -0.39 is 5.82 Å². The molecule has 7 heteroatoms. The molecule has 6 rings (SSSR count). The molecule has 1 amide bonds. The fraction of sp³-hybridized carbons (Fsp3) is 0.407. The van der Waals surface area contributed by atoms with E-state index in [1.165, 1.54) is 18.9 Å². The van der Waals surface area contributed by atoms with E-state index in [-0.39, 0.29) is 29.4 Å². The Hall–Kier alpha value is -3.35. The largest absolute Gasteiger partial charge is 0.351 e. The van der Waals surface area contributed by atoms with Crippen LogP contribution in [0.5, 0.6) is 0 Å². The normalized spacial score (nSPS) is 23.4. The number of carbonyl (C=O) groups excluding carboxylic acids is 1. The number of hydrogen-bond acceptors (Lipinski definition) is 5. The monoisotopic (exact) mass is 457 g/mol. The first-order valence-electron chi connectivity index (χ1n) is 12.1. The van der Waals surface area contributed by atoms with Gasteiger partial charge in [-0.15, -0.1) is 0 Å². The number of likely N-dealkylation sites (tertiary alicyclic amines) is 1. The average Bonchev–Trinajstić information content (AvgIpc) is 3.46. The third-order valence-electron chi connectivity index (χ3n) is 7.49. The lowest BCUT2D eigenvalue weighted by Gasteiger charge is -2.41. The van der Waals surface area contributed by atoms with Gasteiger partial charge in [0.25, 0.3) is 5.91 Å². The van der Waals surface area contributed by atoms with E-state index in [9.17, 15) is 9.18 Å². The number of halogens is 1. The van der Waals surface area contributed by atoms with Crippen molar-refractivity contribution < 1.29 is 9.18 Å². The highest BCUT2D eigenvalue weighted by Crippen LogP contribution is 2.44. The lowest BCUT2D eigenvalue weighted by Crippen LogP contribution is -2.53. The fourth-order valence-corrected chi connectivity index (χ4v) is 5.68. The molecular weight excluding hydrogens is 429 g/mol. The molecule has 1 saturated heterocycles. The summed E-state index contributed by atoms with van der Waals surface area (Å²) in [7, 11) is 0. The smallest absolute Gasteiger partial charge is 0.255 e. The van der Waals surface area contributed by atoms with E-state index in [0.29, 0.717) is 23.9 Å². The number of carbonyl (C=O) groups is 1. The van der Waals surface area contributed by atoms with Crippen LogP contribution in [0.2, 0.25) is 0 Å². The molecule has 2 bridgehead atoms. The number of nitrogens with zero attached hydrogens (tertiary/aromatic N) is 5. The highest BCUT2D eigenvalue weighted by Gasteiger charge is 2.50. The topological polar surface area (TPSA) is 62.2 Å². The van der Waals surface area contributed by atoms with Gasteiger partial charge in [-0.3, -0.25) is 4.79 Å². The predicted octanol–water partition coefficient (Wildman–Crippen LogP) is 4.51. The van der Waals surface area contributed by atoms with E-state index in [2.05, 4.69) is 27.0 Å². The summed E-state index contributed by atoms with van der Waals surface area (Å²) in [6.45, 7) is 3.74. The van der Waals surface area contributed by atoms with Crippen molar-refractivity contribution in [2.45, 2.75) is 44.7 Å². The molecule has 2 saturated carbocycles. The second kappa shape index (κ2) is 8.46. The molecule has 3 unspecified atom stereocenters. The molecule has 174 valence electrons. The quantitative estimate of drug-likeness (QED) is 0.545. The molecule has 3 heterocycles. The first-order valence-corrected chi connectivity index (χ1v) is 12.1. The van der Waals surface area contributed by atoms with Gasteiger partial charge < -0.3 is 9.80 Å².